The highest BCUT2D eigenvalue weighted by Gasteiger charge is 2.02. The van der Waals surface area contributed by atoms with Crippen LogP contribution in [0, 0.1) is 0 Å². The van der Waals surface area contributed by atoms with Crippen LogP contribution in [0.2, 0.25) is 5.02 Å². The van der Waals surface area contributed by atoms with Crippen LogP contribution in [0.3, 0.4) is 0 Å². The van der Waals surface area contributed by atoms with Gasteiger partial charge in [-0.1, -0.05) is 48.0 Å². The number of rotatable bonds is 5. The minimum atomic E-state index is 0.728. The number of hydrogen-bond donors (Lipinski definition) is 0. The zero-order valence-electron chi connectivity index (χ0n) is 10.7. The van der Waals surface area contributed by atoms with Crippen molar-refractivity contribution in [3.05, 3.63) is 77.8 Å². The minimum Gasteiger partial charge on any atom is -0.253 e. The van der Waals surface area contributed by atoms with Gasteiger partial charge in [-0.25, -0.2) is 0 Å². The monoisotopic (exact) mass is 269 g/mol. The third kappa shape index (κ3) is 4.08. The average Bonchev–Trinajstić information content (AvgIpc) is 2.46. The van der Waals surface area contributed by atoms with E-state index in [4.69, 9.17) is 16.6 Å². The topological polar surface area (TPSA) is 12.4 Å². The van der Waals surface area contributed by atoms with Crippen LogP contribution in [0.1, 0.15) is 18.4 Å². The van der Waals surface area contributed by atoms with E-state index in [2.05, 4.69) is 18.7 Å². The summed E-state index contributed by atoms with van der Waals surface area (Å²) in [5.74, 6) is 0. The first kappa shape index (κ1) is 13.6. The summed E-state index contributed by atoms with van der Waals surface area (Å²) in [6.45, 7) is 3.77. The maximum atomic E-state index is 5.89. The van der Waals surface area contributed by atoms with Crippen LogP contribution in [-0.4, -0.2) is 5.71 Å². The van der Waals surface area contributed by atoms with E-state index in [0.717, 1.165) is 34.8 Å². The van der Waals surface area contributed by atoms with Crippen LogP contribution in [0.25, 0.3) is 0 Å². The largest absolute Gasteiger partial charge is 0.253 e. The highest BCUT2D eigenvalue weighted by molar-refractivity contribution is 6.30. The molecule has 2 aromatic rings. The van der Waals surface area contributed by atoms with E-state index in [1.165, 1.54) is 0 Å². The quantitative estimate of drug-likeness (QED) is 0.507. The van der Waals surface area contributed by atoms with Gasteiger partial charge in [-0.2, -0.15) is 0 Å². The Morgan fingerprint density at radius 1 is 1.05 bits per heavy atom. The van der Waals surface area contributed by atoms with Crippen molar-refractivity contribution >= 4 is 23.0 Å². The summed E-state index contributed by atoms with van der Waals surface area (Å²) in [6.07, 6.45) is 3.72. The summed E-state index contributed by atoms with van der Waals surface area (Å²) in [5.41, 5.74) is 3.15. The third-order valence-electron chi connectivity index (χ3n) is 2.78. The molecule has 1 nitrogen and oxygen atoms in total. The van der Waals surface area contributed by atoms with E-state index in [9.17, 15) is 0 Å². The van der Waals surface area contributed by atoms with Crippen molar-refractivity contribution in [2.45, 2.75) is 12.8 Å². The van der Waals surface area contributed by atoms with Crippen LogP contribution < -0.4 is 0 Å². The van der Waals surface area contributed by atoms with Gasteiger partial charge in [0.15, 0.2) is 0 Å². The first-order valence-electron chi connectivity index (χ1n) is 6.29. The molecule has 0 atom stereocenters. The molecule has 2 heteroatoms. The average molecular weight is 270 g/mol. The molecule has 0 spiro atoms. The molecule has 0 radical (unpaired) electrons. The fourth-order valence-electron chi connectivity index (χ4n) is 1.81. The first-order chi connectivity index (χ1) is 9.29. The highest BCUT2D eigenvalue weighted by atomic mass is 35.5. The van der Waals surface area contributed by atoms with Gasteiger partial charge >= 0.3 is 0 Å². The van der Waals surface area contributed by atoms with Gasteiger partial charge in [0.2, 0.25) is 0 Å². The molecule has 0 unspecified atom stereocenters. The van der Waals surface area contributed by atoms with Gasteiger partial charge in [0, 0.05) is 10.7 Å². The molecule has 0 saturated carbocycles. The molecular formula is C17H16ClN. The summed E-state index contributed by atoms with van der Waals surface area (Å²) in [4.78, 5) is 4.72. The molecule has 0 aliphatic carbocycles. The summed E-state index contributed by atoms with van der Waals surface area (Å²) in [7, 11) is 0. The third-order valence-corrected chi connectivity index (χ3v) is 3.03. The van der Waals surface area contributed by atoms with Crippen LogP contribution in [0.4, 0.5) is 5.69 Å². The summed E-state index contributed by atoms with van der Waals surface area (Å²) < 4.78 is 0. The second kappa shape index (κ2) is 6.91. The Hall–Kier alpha value is -1.86. The van der Waals surface area contributed by atoms with Crippen LogP contribution in [0.15, 0.2) is 72.2 Å². The van der Waals surface area contributed by atoms with Gasteiger partial charge in [-0.15, -0.1) is 6.58 Å². The number of halogens is 1. The molecule has 0 bridgehead atoms. The number of allylic oxidation sites excluding steroid dienone is 1. The molecule has 0 fully saturated rings. The van der Waals surface area contributed by atoms with Gasteiger partial charge in [0.05, 0.1) is 5.69 Å². The first-order valence-corrected chi connectivity index (χ1v) is 6.67. The van der Waals surface area contributed by atoms with E-state index in [-0.39, 0.29) is 0 Å². The summed E-state index contributed by atoms with van der Waals surface area (Å²) in [5, 5.41) is 0.728. The number of aliphatic imine (C=N–C) groups is 1. The molecule has 0 aliphatic rings. The Kier molecular flexibility index (Phi) is 4.93. The SMILES string of the molecule is C=CCCC(=Nc1ccc(Cl)cc1)c1ccccc1. The predicted molar refractivity (Wildman–Crippen MR) is 83.5 cm³/mol. The zero-order valence-corrected chi connectivity index (χ0v) is 11.5. The predicted octanol–water partition coefficient (Wildman–Crippen LogP) is 5.43. The molecule has 0 amide bonds. The van der Waals surface area contributed by atoms with Crippen molar-refractivity contribution in [1.82, 2.24) is 0 Å². The number of benzene rings is 2. The van der Waals surface area contributed by atoms with Crippen LogP contribution >= 0.6 is 11.6 Å². The molecule has 0 aromatic heterocycles. The van der Waals surface area contributed by atoms with Gasteiger partial charge in [-0.05, 0) is 42.7 Å². The highest BCUT2D eigenvalue weighted by Crippen LogP contribution is 2.19. The Morgan fingerprint density at radius 3 is 2.37 bits per heavy atom. The lowest BCUT2D eigenvalue weighted by Gasteiger charge is -2.06. The second-order valence-corrected chi connectivity index (χ2v) is 4.66. The molecule has 0 aliphatic heterocycles. The van der Waals surface area contributed by atoms with E-state index in [1.807, 2.05) is 48.5 Å². The lowest BCUT2D eigenvalue weighted by atomic mass is 10.1. The summed E-state index contributed by atoms with van der Waals surface area (Å²) >= 11 is 5.89. The molecule has 0 heterocycles. The van der Waals surface area contributed by atoms with Gasteiger partial charge in [-0.3, -0.25) is 4.99 Å². The zero-order chi connectivity index (χ0) is 13.5. The molecule has 96 valence electrons. The fraction of sp³-hybridized carbons (Fsp3) is 0.118. The van der Waals surface area contributed by atoms with Crippen molar-refractivity contribution in [2.75, 3.05) is 0 Å². The number of hydrogen-bond acceptors (Lipinski definition) is 1. The maximum Gasteiger partial charge on any atom is 0.0634 e. The molecule has 2 rings (SSSR count). The lowest BCUT2D eigenvalue weighted by Crippen LogP contribution is -1.99. The van der Waals surface area contributed by atoms with Crippen molar-refractivity contribution < 1.29 is 0 Å². The van der Waals surface area contributed by atoms with E-state index < -0.39 is 0 Å². The van der Waals surface area contributed by atoms with Gasteiger partial charge in [0.25, 0.3) is 0 Å². The molecule has 19 heavy (non-hydrogen) atoms. The van der Waals surface area contributed by atoms with Crippen molar-refractivity contribution in [1.29, 1.82) is 0 Å². The van der Waals surface area contributed by atoms with E-state index in [1.54, 1.807) is 0 Å². The Morgan fingerprint density at radius 2 is 1.74 bits per heavy atom. The smallest absolute Gasteiger partial charge is 0.0634 e. The molecule has 0 saturated heterocycles. The van der Waals surface area contributed by atoms with E-state index in [0.29, 0.717) is 0 Å². The lowest BCUT2D eigenvalue weighted by molar-refractivity contribution is 1.10. The van der Waals surface area contributed by atoms with Crippen LogP contribution in [0.5, 0.6) is 0 Å². The van der Waals surface area contributed by atoms with Crippen LogP contribution in [-0.2, 0) is 0 Å². The van der Waals surface area contributed by atoms with Crippen molar-refractivity contribution in [3.63, 3.8) is 0 Å². The van der Waals surface area contributed by atoms with Gasteiger partial charge < -0.3 is 0 Å². The van der Waals surface area contributed by atoms with Gasteiger partial charge in [0.1, 0.15) is 0 Å². The maximum absolute atomic E-state index is 5.89. The molecule has 2 aromatic carbocycles. The Bertz CT molecular complexity index is 556. The van der Waals surface area contributed by atoms with E-state index >= 15 is 0 Å². The summed E-state index contributed by atoms with van der Waals surface area (Å²) in [6, 6.07) is 17.8. The fourth-order valence-corrected chi connectivity index (χ4v) is 1.93. The standard InChI is InChI=1S/C17H16ClN/c1-2-3-9-17(14-7-5-4-6-8-14)19-16-12-10-15(18)11-13-16/h2,4-8,10-13H,1,3,9H2. The van der Waals surface area contributed by atoms with Crippen molar-refractivity contribution in [3.8, 4) is 0 Å². The Labute approximate surface area is 119 Å². The normalized spacial score (nSPS) is 11.3. The molecule has 0 N–H and O–H groups in total. The second-order valence-electron chi connectivity index (χ2n) is 4.23. The molecular weight excluding hydrogens is 254 g/mol. The minimum absolute atomic E-state index is 0.728. The number of nitrogens with zero attached hydrogens (tertiary/aromatic N) is 1. The van der Waals surface area contributed by atoms with Crippen molar-refractivity contribution in [2.24, 2.45) is 4.99 Å². The Balaban J connectivity index is 2.31.